The van der Waals surface area contributed by atoms with Gasteiger partial charge in [-0.2, -0.15) is 0 Å². The fraction of sp³-hybridized carbons (Fsp3) is 0.105. The van der Waals surface area contributed by atoms with Crippen molar-refractivity contribution in [3.05, 3.63) is 76.3 Å². The van der Waals surface area contributed by atoms with Crippen molar-refractivity contribution in [2.45, 2.75) is 11.7 Å². The van der Waals surface area contributed by atoms with Gasteiger partial charge in [0, 0.05) is 35.0 Å². The van der Waals surface area contributed by atoms with Crippen LogP contribution < -0.4 is 5.32 Å². The maximum absolute atomic E-state index is 12.2. The maximum atomic E-state index is 12.2. The van der Waals surface area contributed by atoms with Gasteiger partial charge in [-0.05, 0) is 24.3 Å². The molecule has 148 valence electrons. The number of amides is 1. The van der Waals surface area contributed by atoms with Crippen molar-refractivity contribution in [1.29, 1.82) is 0 Å². The molecule has 10 heteroatoms. The van der Waals surface area contributed by atoms with E-state index in [1.54, 1.807) is 18.2 Å². The molecule has 3 rings (SSSR count). The molecule has 0 atom stereocenters. The highest BCUT2D eigenvalue weighted by molar-refractivity contribution is 7.99. The SMILES string of the molecule is C=CCn1c(SCC(=O)Nc2ccc([N+](=O)[O-])cc2)nnc1-c1cccc(Cl)c1. The lowest BCUT2D eigenvalue weighted by atomic mass is 10.2. The van der Waals surface area contributed by atoms with Crippen LogP contribution in [0.2, 0.25) is 5.02 Å². The molecule has 0 spiro atoms. The average Bonchev–Trinajstić information content (AvgIpc) is 3.10. The monoisotopic (exact) mass is 429 g/mol. The van der Waals surface area contributed by atoms with Crippen LogP contribution in [0.1, 0.15) is 0 Å². The second-order valence-corrected chi connectivity index (χ2v) is 7.24. The predicted molar refractivity (Wildman–Crippen MR) is 113 cm³/mol. The van der Waals surface area contributed by atoms with Gasteiger partial charge in [0.25, 0.3) is 5.69 Å². The molecule has 1 heterocycles. The lowest BCUT2D eigenvalue weighted by Gasteiger charge is -2.08. The van der Waals surface area contributed by atoms with Gasteiger partial charge in [0.15, 0.2) is 11.0 Å². The summed E-state index contributed by atoms with van der Waals surface area (Å²) in [5, 5.41) is 22.9. The summed E-state index contributed by atoms with van der Waals surface area (Å²) >= 11 is 7.30. The van der Waals surface area contributed by atoms with Gasteiger partial charge in [-0.15, -0.1) is 16.8 Å². The van der Waals surface area contributed by atoms with Gasteiger partial charge >= 0.3 is 0 Å². The number of carbonyl (C=O) groups excluding carboxylic acids is 1. The Morgan fingerprint density at radius 1 is 1.28 bits per heavy atom. The number of anilines is 1. The van der Waals surface area contributed by atoms with Crippen molar-refractivity contribution in [3.8, 4) is 11.4 Å². The number of nitrogens with one attached hydrogen (secondary N) is 1. The largest absolute Gasteiger partial charge is 0.325 e. The summed E-state index contributed by atoms with van der Waals surface area (Å²) < 4.78 is 1.85. The van der Waals surface area contributed by atoms with E-state index >= 15 is 0 Å². The van der Waals surface area contributed by atoms with Gasteiger partial charge in [-0.3, -0.25) is 19.5 Å². The third-order valence-electron chi connectivity index (χ3n) is 3.81. The summed E-state index contributed by atoms with van der Waals surface area (Å²) in [6.45, 7) is 4.23. The number of hydrogen-bond donors (Lipinski definition) is 1. The number of nitro benzene ring substituents is 1. The molecule has 1 amide bonds. The zero-order chi connectivity index (χ0) is 20.8. The first-order valence-electron chi connectivity index (χ1n) is 8.45. The van der Waals surface area contributed by atoms with Gasteiger partial charge in [-0.1, -0.05) is 41.6 Å². The van der Waals surface area contributed by atoms with E-state index in [4.69, 9.17) is 11.6 Å². The number of allylic oxidation sites excluding steroid dienone is 1. The molecule has 0 unspecified atom stereocenters. The number of carbonyl (C=O) groups is 1. The Morgan fingerprint density at radius 2 is 2.03 bits per heavy atom. The summed E-state index contributed by atoms with van der Waals surface area (Å²) in [5.74, 6) is 0.467. The molecule has 2 aromatic carbocycles. The zero-order valence-corrected chi connectivity index (χ0v) is 16.7. The van der Waals surface area contributed by atoms with E-state index in [-0.39, 0.29) is 17.3 Å². The molecule has 3 aromatic rings. The van der Waals surface area contributed by atoms with Crippen LogP contribution in [0.4, 0.5) is 11.4 Å². The summed E-state index contributed by atoms with van der Waals surface area (Å²) in [6, 6.07) is 12.9. The Morgan fingerprint density at radius 3 is 2.69 bits per heavy atom. The van der Waals surface area contributed by atoms with Gasteiger partial charge < -0.3 is 5.32 Å². The Hall–Kier alpha value is -3.17. The summed E-state index contributed by atoms with van der Waals surface area (Å²) in [5.41, 5.74) is 1.26. The van der Waals surface area contributed by atoms with Crippen LogP contribution in [0.5, 0.6) is 0 Å². The number of thioether (sulfide) groups is 1. The zero-order valence-electron chi connectivity index (χ0n) is 15.1. The van der Waals surface area contributed by atoms with Gasteiger partial charge in [-0.25, -0.2) is 0 Å². The lowest BCUT2D eigenvalue weighted by Crippen LogP contribution is -2.14. The van der Waals surface area contributed by atoms with Crippen molar-refractivity contribution in [1.82, 2.24) is 14.8 Å². The number of nitro groups is 1. The smallest absolute Gasteiger partial charge is 0.269 e. The minimum atomic E-state index is -0.495. The van der Waals surface area contributed by atoms with E-state index in [0.717, 1.165) is 5.56 Å². The van der Waals surface area contributed by atoms with Crippen molar-refractivity contribution in [2.24, 2.45) is 0 Å². The minimum Gasteiger partial charge on any atom is -0.325 e. The van der Waals surface area contributed by atoms with E-state index in [9.17, 15) is 14.9 Å². The van der Waals surface area contributed by atoms with E-state index in [1.807, 2.05) is 16.7 Å². The molecule has 0 radical (unpaired) electrons. The molecule has 0 saturated heterocycles. The predicted octanol–water partition coefficient (Wildman–Crippen LogP) is 4.42. The quantitative estimate of drug-likeness (QED) is 0.246. The Labute approximate surface area is 175 Å². The third kappa shape index (κ3) is 5.21. The molecular weight excluding hydrogens is 414 g/mol. The van der Waals surface area contributed by atoms with Crippen LogP contribution in [0, 0.1) is 10.1 Å². The highest BCUT2D eigenvalue weighted by atomic mass is 35.5. The molecule has 0 saturated carbocycles. The molecule has 1 N–H and O–H groups in total. The van der Waals surface area contributed by atoms with E-state index in [0.29, 0.717) is 28.2 Å². The molecule has 0 bridgehead atoms. The number of nitrogens with zero attached hydrogens (tertiary/aromatic N) is 4. The molecule has 0 aliphatic heterocycles. The molecule has 29 heavy (non-hydrogen) atoms. The second kappa shape index (κ2) is 9.35. The number of non-ortho nitro benzene ring substituents is 1. The van der Waals surface area contributed by atoms with Crippen molar-refractivity contribution >= 4 is 40.6 Å². The van der Waals surface area contributed by atoms with Crippen LogP contribution in [0.15, 0.2) is 66.3 Å². The first kappa shape index (κ1) is 20.6. The minimum absolute atomic E-state index is 0.0385. The summed E-state index contributed by atoms with van der Waals surface area (Å²) in [7, 11) is 0. The molecule has 0 aliphatic carbocycles. The maximum Gasteiger partial charge on any atom is 0.269 e. The van der Waals surface area contributed by atoms with Gasteiger partial charge in [0.05, 0.1) is 10.7 Å². The number of benzene rings is 2. The fourth-order valence-corrected chi connectivity index (χ4v) is 3.46. The van der Waals surface area contributed by atoms with Crippen molar-refractivity contribution in [3.63, 3.8) is 0 Å². The van der Waals surface area contributed by atoms with Crippen LogP contribution in [-0.2, 0) is 11.3 Å². The topological polar surface area (TPSA) is 103 Å². The highest BCUT2D eigenvalue weighted by Crippen LogP contribution is 2.26. The van der Waals surface area contributed by atoms with Crippen LogP contribution in [0.3, 0.4) is 0 Å². The summed E-state index contributed by atoms with van der Waals surface area (Å²) in [6.07, 6.45) is 1.72. The molecule has 8 nitrogen and oxygen atoms in total. The number of hydrogen-bond acceptors (Lipinski definition) is 6. The first-order chi connectivity index (χ1) is 14.0. The summed E-state index contributed by atoms with van der Waals surface area (Å²) in [4.78, 5) is 22.4. The van der Waals surface area contributed by atoms with Gasteiger partial charge in [0.1, 0.15) is 0 Å². The third-order valence-corrected chi connectivity index (χ3v) is 5.01. The first-order valence-corrected chi connectivity index (χ1v) is 9.81. The number of rotatable bonds is 8. The Bertz CT molecular complexity index is 1050. The number of aromatic nitrogens is 3. The molecule has 0 aliphatic rings. The van der Waals surface area contributed by atoms with Gasteiger partial charge in [0.2, 0.25) is 5.91 Å². The van der Waals surface area contributed by atoms with Crippen LogP contribution >= 0.6 is 23.4 Å². The van der Waals surface area contributed by atoms with E-state index < -0.39 is 4.92 Å². The van der Waals surface area contributed by atoms with Crippen molar-refractivity contribution in [2.75, 3.05) is 11.1 Å². The Balaban J connectivity index is 1.69. The van der Waals surface area contributed by atoms with Crippen LogP contribution in [-0.4, -0.2) is 31.3 Å². The standard InChI is InChI=1S/C19H16ClN5O3S/c1-2-10-24-18(13-4-3-5-14(20)11-13)22-23-19(24)29-12-17(26)21-15-6-8-16(9-7-15)25(27)28/h2-9,11H,1,10,12H2,(H,21,26). The average molecular weight is 430 g/mol. The van der Waals surface area contributed by atoms with Crippen LogP contribution in [0.25, 0.3) is 11.4 Å². The molecule has 1 aromatic heterocycles. The normalized spacial score (nSPS) is 10.5. The van der Waals surface area contributed by atoms with E-state index in [2.05, 4.69) is 22.1 Å². The highest BCUT2D eigenvalue weighted by Gasteiger charge is 2.15. The van der Waals surface area contributed by atoms with Crippen molar-refractivity contribution < 1.29 is 9.72 Å². The second-order valence-electron chi connectivity index (χ2n) is 5.86. The number of halogens is 1. The van der Waals surface area contributed by atoms with E-state index in [1.165, 1.54) is 36.0 Å². The fourth-order valence-electron chi connectivity index (χ4n) is 2.52. The molecular formula is C19H16ClN5O3S. The lowest BCUT2D eigenvalue weighted by molar-refractivity contribution is -0.384. The molecule has 0 fully saturated rings. The Kier molecular flexibility index (Phi) is 6.63.